The molecule has 2 fully saturated rings. The number of nitrogens with one attached hydrogen (secondary N) is 2. The lowest BCUT2D eigenvalue weighted by atomic mass is 10.1. The molecular formula is C23H22N8O. The van der Waals surface area contributed by atoms with E-state index in [1.165, 1.54) is 12.7 Å². The Labute approximate surface area is 184 Å². The first kappa shape index (κ1) is 18.9. The van der Waals surface area contributed by atoms with Crippen LogP contribution in [0.25, 0.3) is 22.3 Å². The lowest BCUT2D eigenvalue weighted by molar-refractivity contribution is 0.102. The van der Waals surface area contributed by atoms with Gasteiger partial charge in [-0.2, -0.15) is 5.10 Å². The van der Waals surface area contributed by atoms with Crippen molar-refractivity contribution in [3.63, 3.8) is 0 Å². The third-order valence-corrected chi connectivity index (χ3v) is 6.45. The Morgan fingerprint density at radius 1 is 1.09 bits per heavy atom. The van der Waals surface area contributed by atoms with Crippen LogP contribution in [-0.2, 0) is 0 Å². The fourth-order valence-electron chi connectivity index (χ4n) is 4.93. The van der Waals surface area contributed by atoms with Crippen LogP contribution in [0.5, 0.6) is 0 Å². The van der Waals surface area contributed by atoms with Crippen LogP contribution in [-0.4, -0.2) is 43.2 Å². The monoisotopic (exact) mass is 426 g/mol. The zero-order valence-electron chi connectivity index (χ0n) is 17.3. The Bertz CT molecular complexity index is 1300. The predicted molar refractivity (Wildman–Crippen MR) is 121 cm³/mol. The fraction of sp³-hybridized carbons (Fsp3) is 0.261. The van der Waals surface area contributed by atoms with Crippen molar-refractivity contribution in [2.45, 2.75) is 24.9 Å². The first-order chi connectivity index (χ1) is 15.7. The van der Waals surface area contributed by atoms with E-state index in [1.54, 1.807) is 30.5 Å². The number of nitrogens with zero attached hydrogens (tertiary/aromatic N) is 5. The highest BCUT2D eigenvalue weighted by Crippen LogP contribution is 2.41. The van der Waals surface area contributed by atoms with Gasteiger partial charge < -0.3 is 16.4 Å². The number of amides is 1. The molecule has 2 aliphatic rings. The van der Waals surface area contributed by atoms with Gasteiger partial charge in [-0.25, -0.2) is 19.6 Å². The zero-order valence-corrected chi connectivity index (χ0v) is 17.3. The van der Waals surface area contributed by atoms with Gasteiger partial charge in [0.1, 0.15) is 23.7 Å². The van der Waals surface area contributed by atoms with E-state index in [0.717, 1.165) is 35.3 Å². The zero-order chi connectivity index (χ0) is 21.7. The third kappa shape index (κ3) is 3.09. The molecule has 0 radical (unpaired) electrons. The predicted octanol–water partition coefficient (Wildman–Crippen LogP) is 2.65. The van der Waals surface area contributed by atoms with E-state index in [-0.39, 0.29) is 11.9 Å². The molecule has 2 unspecified atom stereocenters. The molecule has 4 N–H and O–H groups in total. The van der Waals surface area contributed by atoms with E-state index in [2.05, 4.69) is 25.6 Å². The summed E-state index contributed by atoms with van der Waals surface area (Å²) in [6.45, 7) is 1.08. The highest BCUT2D eigenvalue weighted by atomic mass is 16.1. The van der Waals surface area contributed by atoms with Crippen molar-refractivity contribution in [2.75, 3.05) is 17.6 Å². The number of benzene rings is 1. The average Bonchev–Trinajstić information content (AvgIpc) is 3.55. The van der Waals surface area contributed by atoms with Crippen LogP contribution in [0.3, 0.4) is 0 Å². The van der Waals surface area contributed by atoms with Gasteiger partial charge in [0.2, 0.25) is 0 Å². The van der Waals surface area contributed by atoms with Crippen molar-refractivity contribution in [1.29, 1.82) is 0 Å². The molecule has 1 aromatic carbocycles. The van der Waals surface area contributed by atoms with Gasteiger partial charge in [0.25, 0.3) is 5.91 Å². The van der Waals surface area contributed by atoms with Crippen LogP contribution in [0, 0.1) is 5.92 Å². The van der Waals surface area contributed by atoms with Gasteiger partial charge in [0, 0.05) is 23.4 Å². The molecule has 9 nitrogen and oxygen atoms in total. The molecule has 4 heterocycles. The van der Waals surface area contributed by atoms with Crippen LogP contribution < -0.4 is 16.4 Å². The fourth-order valence-corrected chi connectivity index (χ4v) is 4.93. The van der Waals surface area contributed by atoms with Crippen LogP contribution in [0.15, 0.2) is 55.0 Å². The smallest absolute Gasteiger partial charge is 0.256 e. The Balaban J connectivity index is 1.35. The molecule has 1 saturated carbocycles. The topological polar surface area (TPSA) is 124 Å². The van der Waals surface area contributed by atoms with E-state index < -0.39 is 0 Å². The number of fused-ring (bicyclic) bond motifs is 3. The van der Waals surface area contributed by atoms with E-state index >= 15 is 0 Å². The molecule has 1 amide bonds. The minimum atomic E-state index is -0.221. The lowest BCUT2D eigenvalue weighted by Gasteiger charge is -2.23. The number of anilines is 2. The second kappa shape index (κ2) is 7.38. The van der Waals surface area contributed by atoms with Crippen LogP contribution >= 0.6 is 0 Å². The first-order valence-electron chi connectivity index (χ1n) is 10.7. The summed E-state index contributed by atoms with van der Waals surface area (Å²) in [5.41, 5.74) is 9.14. The summed E-state index contributed by atoms with van der Waals surface area (Å²) in [4.78, 5) is 25.4. The van der Waals surface area contributed by atoms with Crippen molar-refractivity contribution in [2.24, 2.45) is 5.92 Å². The summed E-state index contributed by atoms with van der Waals surface area (Å²) in [6, 6.07) is 13.3. The summed E-state index contributed by atoms with van der Waals surface area (Å²) < 4.78 is 2.02. The second-order valence-electron chi connectivity index (χ2n) is 8.42. The maximum atomic E-state index is 12.6. The van der Waals surface area contributed by atoms with Crippen molar-refractivity contribution in [3.8, 4) is 11.3 Å². The van der Waals surface area contributed by atoms with Crippen molar-refractivity contribution < 1.29 is 4.79 Å². The maximum absolute atomic E-state index is 12.6. The molecule has 6 rings (SSSR count). The molecule has 1 aliphatic carbocycles. The Hall–Kier alpha value is -3.85. The summed E-state index contributed by atoms with van der Waals surface area (Å²) in [6.07, 6.45) is 5.38. The summed E-state index contributed by atoms with van der Waals surface area (Å²) in [5.74, 6) is 1.38. The number of carbonyl (C=O) groups excluding carboxylic acids is 1. The normalized spacial score (nSPS) is 21.8. The number of nitrogen functional groups attached to an aromatic ring is 1. The standard InChI is InChI=1S/C23H22N8O/c24-21-19-20(14-4-6-15(7-5-14)23(32)29-18-3-1-2-8-25-18)30-31(22(19)28-12-27-21)17-10-13-9-16(17)26-11-13/h1-8,12-13,16-17,26H,9-11H2,(H2,24,27,28)(H,25,29,32)/t13-,16?,17?/m1/s1. The highest BCUT2D eigenvalue weighted by Gasteiger charge is 2.42. The summed E-state index contributed by atoms with van der Waals surface area (Å²) >= 11 is 0. The van der Waals surface area contributed by atoms with E-state index in [4.69, 9.17) is 10.8 Å². The highest BCUT2D eigenvalue weighted by molar-refractivity contribution is 6.04. The number of hydrogen-bond donors (Lipinski definition) is 3. The molecule has 4 aromatic rings. The van der Waals surface area contributed by atoms with Gasteiger partial charge in [-0.05, 0) is 49.6 Å². The number of pyridine rings is 1. The lowest BCUT2D eigenvalue weighted by Crippen LogP contribution is -2.35. The number of aromatic nitrogens is 5. The second-order valence-corrected chi connectivity index (χ2v) is 8.42. The van der Waals surface area contributed by atoms with Gasteiger partial charge >= 0.3 is 0 Å². The first-order valence-corrected chi connectivity index (χ1v) is 10.7. The van der Waals surface area contributed by atoms with Crippen LogP contribution in [0.4, 0.5) is 11.6 Å². The molecule has 0 spiro atoms. The average molecular weight is 426 g/mol. The van der Waals surface area contributed by atoms with E-state index in [0.29, 0.717) is 29.2 Å². The number of hydrogen-bond acceptors (Lipinski definition) is 7. The molecule has 1 aliphatic heterocycles. The molecular weight excluding hydrogens is 404 g/mol. The van der Waals surface area contributed by atoms with Gasteiger partial charge in [-0.3, -0.25) is 4.79 Å². The van der Waals surface area contributed by atoms with E-state index in [1.807, 2.05) is 22.9 Å². The van der Waals surface area contributed by atoms with Gasteiger partial charge in [0.15, 0.2) is 5.65 Å². The maximum Gasteiger partial charge on any atom is 0.256 e. The molecule has 32 heavy (non-hydrogen) atoms. The Morgan fingerprint density at radius 3 is 2.69 bits per heavy atom. The molecule has 3 atom stereocenters. The van der Waals surface area contributed by atoms with Gasteiger partial charge in [-0.15, -0.1) is 0 Å². The molecule has 160 valence electrons. The SMILES string of the molecule is Nc1ncnc2c1c(-c1ccc(C(=O)Nc3ccccn3)cc1)nn2C1C[C@@H]2CNC1C2. The van der Waals surface area contributed by atoms with Crippen molar-refractivity contribution in [3.05, 3.63) is 60.6 Å². The minimum absolute atomic E-state index is 0.221. The molecule has 2 bridgehead atoms. The quantitative estimate of drug-likeness (QED) is 0.458. The number of carbonyl (C=O) groups is 1. The largest absolute Gasteiger partial charge is 0.383 e. The summed E-state index contributed by atoms with van der Waals surface area (Å²) in [7, 11) is 0. The Kier molecular flexibility index (Phi) is 4.36. The van der Waals surface area contributed by atoms with Crippen LogP contribution in [0.2, 0.25) is 0 Å². The molecule has 9 heteroatoms. The third-order valence-electron chi connectivity index (χ3n) is 6.45. The number of rotatable bonds is 4. The van der Waals surface area contributed by atoms with E-state index in [9.17, 15) is 4.79 Å². The van der Waals surface area contributed by atoms with Crippen LogP contribution in [0.1, 0.15) is 29.2 Å². The number of piperidine rings is 1. The van der Waals surface area contributed by atoms with Crippen molar-refractivity contribution >= 4 is 28.6 Å². The Morgan fingerprint density at radius 2 is 1.97 bits per heavy atom. The number of nitrogens with two attached hydrogens (primary N) is 1. The molecule has 1 saturated heterocycles. The summed E-state index contributed by atoms with van der Waals surface area (Å²) in [5, 5.41) is 12.1. The van der Waals surface area contributed by atoms with Gasteiger partial charge in [0.05, 0.1) is 11.4 Å². The molecule has 3 aromatic heterocycles. The minimum Gasteiger partial charge on any atom is -0.383 e. The van der Waals surface area contributed by atoms with Crippen molar-refractivity contribution in [1.82, 2.24) is 30.0 Å². The van der Waals surface area contributed by atoms with Gasteiger partial charge in [-0.1, -0.05) is 18.2 Å².